The van der Waals surface area contributed by atoms with Gasteiger partial charge in [-0.05, 0) is 80.3 Å². The van der Waals surface area contributed by atoms with E-state index in [0.29, 0.717) is 35.5 Å². The van der Waals surface area contributed by atoms with Crippen molar-refractivity contribution in [1.82, 2.24) is 30.1 Å². The minimum Gasteiger partial charge on any atom is -0.377 e. The average molecular weight is 679 g/mol. The molecule has 2 saturated heterocycles. The SMILES string of the molecule is C[C@H](NC(=O)[C@@H]1COCCN1C(=O)CNC(=O)c1ccc2cc(F)ccc2n1)c1ccc(S(=O)(=O)NC2CN(C)C2)cc1/C=C/C1CC1. The van der Waals surface area contributed by atoms with Crippen molar-refractivity contribution in [2.45, 2.75) is 42.8 Å². The van der Waals surface area contributed by atoms with Crippen LogP contribution in [0.5, 0.6) is 0 Å². The molecule has 6 rings (SSSR count). The predicted molar refractivity (Wildman–Crippen MR) is 177 cm³/mol. The molecule has 3 amide bonds. The van der Waals surface area contributed by atoms with Crippen LogP contribution < -0.4 is 15.4 Å². The second-order valence-electron chi connectivity index (χ2n) is 12.7. The molecule has 2 aliphatic heterocycles. The monoisotopic (exact) mass is 678 g/mol. The summed E-state index contributed by atoms with van der Waals surface area (Å²) in [6, 6.07) is 10.4. The Morgan fingerprint density at radius 3 is 2.65 bits per heavy atom. The second kappa shape index (κ2) is 14.1. The van der Waals surface area contributed by atoms with Crippen molar-refractivity contribution in [1.29, 1.82) is 0 Å². The van der Waals surface area contributed by atoms with Crippen molar-refractivity contribution in [2.24, 2.45) is 5.92 Å². The maximum atomic E-state index is 13.6. The van der Waals surface area contributed by atoms with E-state index in [0.717, 1.165) is 18.4 Å². The lowest BCUT2D eigenvalue weighted by Gasteiger charge is -2.36. The van der Waals surface area contributed by atoms with Crippen LogP contribution >= 0.6 is 0 Å². The van der Waals surface area contributed by atoms with Gasteiger partial charge in [0, 0.05) is 31.1 Å². The molecule has 254 valence electrons. The van der Waals surface area contributed by atoms with E-state index in [1.165, 1.54) is 29.2 Å². The van der Waals surface area contributed by atoms with Gasteiger partial charge in [0.05, 0.1) is 36.2 Å². The highest BCUT2D eigenvalue weighted by atomic mass is 32.2. The number of likely N-dealkylation sites (N-methyl/N-ethyl adjacent to an activating group) is 1. The van der Waals surface area contributed by atoms with E-state index in [9.17, 15) is 27.2 Å². The third kappa shape index (κ3) is 7.89. The number of sulfonamides is 1. The fraction of sp³-hybridized carbons (Fsp3) is 0.412. The number of nitrogens with zero attached hydrogens (tertiary/aromatic N) is 3. The lowest BCUT2D eigenvalue weighted by atomic mass is 10.00. The molecule has 48 heavy (non-hydrogen) atoms. The summed E-state index contributed by atoms with van der Waals surface area (Å²) in [5.41, 5.74) is 1.93. The zero-order chi connectivity index (χ0) is 34.0. The molecule has 3 heterocycles. The van der Waals surface area contributed by atoms with Crippen LogP contribution in [0, 0.1) is 11.7 Å². The van der Waals surface area contributed by atoms with E-state index in [4.69, 9.17) is 4.74 Å². The molecule has 3 N–H and O–H groups in total. The Balaban J connectivity index is 1.11. The predicted octanol–water partition coefficient (Wildman–Crippen LogP) is 2.22. The topological polar surface area (TPSA) is 150 Å². The van der Waals surface area contributed by atoms with Crippen LogP contribution in [0.1, 0.15) is 47.4 Å². The number of morpholine rings is 1. The summed E-state index contributed by atoms with van der Waals surface area (Å²) in [5, 5.41) is 6.09. The molecule has 3 aromatic rings. The summed E-state index contributed by atoms with van der Waals surface area (Å²) in [4.78, 5) is 47.4. The number of allylic oxidation sites excluding steroid dienone is 1. The highest BCUT2D eigenvalue weighted by Gasteiger charge is 2.34. The maximum Gasteiger partial charge on any atom is 0.270 e. The summed E-state index contributed by atoms with van der Waals surface area (Å²) in [6.07, 6.45) is 6.14. The van der Waals surface area contributed by atoms with Gasteiger partial charge in [0.15, 0.2) is 0 Å². The molecule has 12 nitrogen and oxygen atoms in total. The summed E-state index contributed by atoms with van der Waals surface area (Å²) in [6.45, 7) is 3.12. The van der Waals surface area contributed by atoms with E-state index < -0.39 is 45.6 Å². The van der Waals surface area contributed by atoms with Crippen LogP contribution in [0.3, 0.4) is 0 Å². The van der Waals surface area contributed by atoms with Crippen LogP contribution in [0.25, 0.3) is 17.0 Å². The van der Waals surface area contributed by atoms with Crippen molar-refractivity contribution in [3.8, 4) is 0 Å². The van der Waals surface area contributed by atoms with Crippen molar-refractivity contribution in [2.75, 3.05) is 46.4 Å². The van der Waals surface area contributed by atoms with E-state index in [2.05, 4.69) is 26.4 Å². The molecule has 0 spiro atoms. The van der Waals surface area contributed by atoms with Gasteiger partial charge in [0.2, 0.25) is 21.8 Å². The van der Waals surface area contributed by atoms with Crippen molar-refractivity contribution in [3.05, 3.63) is 77.2 Å². The van der Waals surface area contributed by atoms with Gasteiger partial charge in [-0.3, -0.25) is 14.4 Å². The number of rotatable bonds is 11. The number of amides is 3. The third-order valence-corrected chi connectivity index (χ3v) is 10.3. The molecule has 0 unspecified atom stereocenters. The zero-order valence-corrected chi connectivity index (χ0v) is 27.6. The lowest BCUT2D eigenvalue weighted by molar-refractivity contribution is -0.148. The molecule has 2 aromatic carbocycles. The standard InChI is InChI=1S/C34H39FN6O6S/c1-21(28-10-9-27(16-23(28)6-5-22-3-4-22)48(45,46)39-26-18-40(2)19-26)37-34(44)31-20-47-14-13-41(31)32(42)17-36-33(43)30-11-7-24-15-25(35)8-12-29(24)38-30/h5-12,15-16,21-22,26,31,39H,3-4,13-14,17-20H2,1-2H3,(H,36,43)(H,37,44)/b6-5+/t21-,31-/m0/s1. The van der Waals surface area contributed by atoms with Gasteiger partial charge in [-0.25, -0.2) is 22.5 Å². The number of likely N-dealkylation sites (tertiary alicyclic amines) is 1. The van der Waals surface area contributed by atoms with E-state index >= 15 is 0 Å². The van der Waals surface area contributed by atoms with Crippen LogP contribution in [-0.4, -0.2) is 99.4 Å². The summed E-state index contributed by atoms with van der Waals surface area (Å²) < 4.78 is 48.1. The molecule has 0 bridgehead atoms. The van der Waals surface area contributed by atoms with Gasteiger partial charge in [-0.1, -0.05) is 24.3 Å². The van der Waals surface area contributed by atoms with Gasteiger partial charge in [-0.2, -0.15) is 0 Å². The Bertz CT molecular complexity index is 1860. The maximum absolute atomic E-state index is 13.6. The summed E-state index contributed by atoms with van der Waals surface area (Å²) >= 11 is 0. The molecule has 1 aromatic heterocycles. The Labute approximate surface area is 278 Å². The fourth-order valence-corrected chi connectivity index (χ4v) is 7.18. The number of pyridine rings is 1. The number of nitrogens with one attached hydrogen (secondary N) is 3. The first-order chi connectivity index (χ1) is 23.0. The Morgan fingerprint density at radius 1 is 1.10 bits per heavy atom. The molecular weight excluding hydrogens is 639 g/mol. The number of carbonyl (C=O) groups is 3. The highest BCUT2D eigenvalue weighted by Crippen LogP contribution is 2.32. The molecule has 3 fully saturated rings. The molecule has 1 saturated carbocycles. The van der Waals surface area contributed by atoms with Crippen molar-refractivity contribution < 1.29 is 31.9 Å². The first-order valence-electron chi connectivity index (χ1n) is 16.0. The average Bonchev–Trinajstić information content (AvgIpc) is 3.89. The van der Waals surface area contributed by atoms with Gasteiger partial charge in [-0.15, -0.1) is 0 Å². The Kier molecular flexibility index (Phi) is 9.88. The van der Waals surface area contributed by atoms with Crippen LogP contribution in [-0.2, 0) is 24.3 Å². The first kappa shape index (κ1) is 33.7. The Hall–Kier alpha value is -4.24. The number of benzene rings is 2. The molecule has 0 radical (unpaired) electrons. The van der Waals surface area contributed by atoms with Crippen LogP contribution in [0.2, 0.25) is 0 Å². The molecule has 14 heteroatoms. The molecule has 2 atom stereocenters. The molecule has 3 aliphatic rings. The summed E-state index contributed by atoms with van der Waals surface area (Å²) in [7, 11) is -1.81. The van der Waals surface area contributed by atoms with Gasteiger partial charge >= 0.3 is 0 Å². The normalized spacial score (nSPS) is 19.6. The number of fused-ring (bicyclic) bond motifs is 1. The smallest absolute Gasteiger partial charge is 0.270 e. The summed E-state index contributed by atoms with van der Waals surface area (Å²) in [5.74, 6) is -1.44. The number of aromatic nitrogens is 1. The number of ether oxygens (including phenoxy) is 1. The number of carbonyl (C=O) groups excluding carboxylic acids is 3. The molecule has 1 aliphatic carbocycles. The zero-order valence-electron chi connectivity index (χ0n) is 26.8. The number of hydrogen-bond donors (Lipinski definition) is 3. The number of hydrogen-bond acceptors (Lipinski definition) is 8. The highest BCUT2D eigenvalue weighted by molar-refractivity contribution is 7.89. The van der Waals surface area contributed by atoms with Crippen LogP contribution in [0.4, 0.5) is 4.39 Å². The van der Waals surface area contributed by atoms with Gasteiger partial charge in [0.25, 0.3) is 5.91 Å². The Morgan fingerprint density at radius 2 is 1.90 bits per heavy atom. The minimum absolute atomic E-state index is 0.0192. The van der Waals surface area contributed by atoms with Crippen LogP contribution in [0.15, 0.2) is 59.5 Å². The van der Waals surface area contributed by atoms with E-state index in [1.807, 2.05) is 18.0 Å². The van der Waals surface area contributed by atoms with Gasteiger partial charge in [0.1, 0.15) is 17.6 Å². The first-order valence-corrected chi connectivity index (χ1v) is 17.5. The fourth-order valence-electron chi connectivity index (χ4n) is 5.93. The third-order valence-electron chi connectivity index (χ3n) is 8.79. The van der Waals surface area contributed by atoms with Crippen molar-refractivity contribution in [3.63, 3.8) is 0 Å². The largest absolute Gasteiger partial charge is 0.377 e. The van der Waals surface area contributed by atoms with E-state index in [-0.39, 0.29) is 42.9 Å². The quantitative estimate of drug-likeness (QED) is 0.280. The molecular formula is C34H39FN6O6S. The second-order valence-corrected chi connectivity index (χ2v) is 14.4. The van der Waals surface area contributed by atoms with Gasteiger partial charge < -0.3 is 25.2 Å². The number of halogens is 1. The lowest BCUT2D eigenvalue weighted by Crippen LogP contribution is -2.57. The van der Waals surface area contributed by atoms with E-state index in [1.54, 1.807) is 31.2 Å². The van der Waals surface area contributed by atoms with Crippen molar-refractivity contribution >= 4 is 44.7 Å². The minimum atomic E-state index is -3.74.